The molecular weight excluding hydrogens is 403 g/mol. The fraction of sp³-hybridized carbons (Fsp3) is 0.0526. The smallest absolute Gasteiger partial charge is 0.387 e. The number of hydrogen-bond donors (Lipinski definition) is 4. The van der Waals surface area contributed by atoms with Gasteiger partial charge in [0.05, 0.1) is 11.4 Å². The van der Waals surface area contributed by atoms with Crippen molar-refractivity contribution in [1.29, 1.82) is 0 Å². The third-order valence-electron chi connectivity index (χ3n) is 4.11. The average Bonchev–Trinajstić information content (AvgIpc) is 2.72. The van der Waals surface area contributed by atoms with Gasteiger partial charge in [0.25, 0.3) is 5.91 Å². The zero-order chi connectivity index (χ0) is 21.8. The van der Waals surface area contributed by atoms with Crippen molar-refractivity contribution in [2.75, 3.05) is 10.3 Å². The molecule has 0 aliphatic carbocycles. The average molecular weight is 419 g/mol. The van der Waals surface area contributed by atoms with Crippen LogP contribution in [0.3, 0.4) is 0 Å². The number of alkyl halides is 2. The maximum atomic E-state index is 13.3. The van der Waals surface area contributed by atoms with Crippen molar-refractivity contribution in [2.45, 2.75) is 6.61 Å². The molecule has 0 aliphatic rings. The highest BCUT2D eigenvalue weighted by molar-refractivity contribution is 6.09. The number of carbonyl (C=O) groups excluding carboxylic acids is 2. The van der Waals surface area contributed by atoms with Gasteiger partial charge in [-0.1, -0.05) is 12.1 Å². The van der Waals surface area contributed by atoms with Gasteiger partial charge in [-0.15, -0.1) is 0 Å². The van der Waals surface area contributed by atoms with Gasteiger partial charge >= 0.3 is 12.6 Å². The van der Waals surface area contributed by atoms with E-state index < -0.39 is 24.4 Å². The van der Waals surface area contributed by atoms with E-state index in [1.807, 2.05) is 0 Å². The van der Waals surface area contributed by atoms with Crippen LogP contribution < -0.4 is 32.2 Å². The highest BCUT2D eigenvalue weighted by Gasteiger charge is 2.19. The minimum Gasteiger partial charge on any atom is -0.435 e. The molecule has 0 radical (unpaired) electrons. The van der Waals surface area contributed by atoms with Gasteiger partial charge in [0.2, 0.25) is 0 Å². The van der Waals surface area contributed by atoms with Gasteiger partial charge in [-0.3, -0.25) is 10.2 Å². The van der Waals surface area contributed by atoms with Crippen LogP contribution in [0, 0.1) is 5.82 Å². The van der Waals surface area contributed by atoms with E-state index in [1.54, 1.807) is 17.6 Å². The summed E-state index contributed by atoms with van der Waals surface area (Å²) in [5, 5.41) is 4.31. The van der Waals surface area contributed by atoms with Crippen LogP contribution in [0.4, 0.5) is 29.3 Å². The normalized spacial score (nSPS) is 10.7. The molecule has 0 heterocycles. The van der Waals surface area contributed by atoms with Gasteiger partial charge in [0.1, 0.15) is 11.6 Å². The summed E-state index contributed by atoms with van der Waals surface area (Å²) in [6.45, 7) is -3.10. The third kappa shape index (κ3) is 4.59. The summed E-state index contributed by atoms with van der Waals surface area (Å²) < 4.78 is 42.6. The Balaban J connectivity index is 1.93. The molecule has 156 valence electrons. The first kappa shape index (κ1) is 20.9. The van der Waals surface area contributed by atoms with Crippen molar-refractivity contribution in [3.05, 3.63) is 66.0 Å². The number of nitrogens with one attached hydrogen (secondary N) is 2. The molecule has 0 aliphatic heterocycles. The predicted octanol–water partition coefficient (Wildman–Crippen LogP) is 3.10. The van der Waals surface area contributed by atoms with Crippen LogP contribution in [0.5, 0.6) is 5.75 Å². The number of anilines is 2. The van der Waals surface area contributed by atoms with E-state index in [2.05, 4.69) is 10.1 Å². The van der Waals surface area contributed by atoms with Crippen molar-refractivity contribution >= 4 is 34.1 Å². The SMILES string of the molecule is NNC(=O)N(N)c1cc(OC(F)F)ccc1NC(=O)c1ccc2cc(F)ccc2c1. The highest BCUT2D eigenvalue weighted by atomic mass is 19.3. The summed E-state index contributed by atoms with van der Waals surface area (Å²) in [7, 11) is 0. The van der Waals surface area contributed by atoms with Crippen molar-refractivity contribution in [2.24, 2.45) is 11.7 Å². The monoisotopic (exact) mass is 419 g/mol. The summed E-state index contributed by atoms with van der Waals surface area (Å²) >= 11 is 0. The van der Waals surface area contributed by atoms with Crippen molar-refractivity contribution < 1.29 is 27.5 Å². The summed E-state index contributed by atoms with van der Waals surface area (Å²) in [6.07, 6.45) is 0. The van der Waals surface area contributed by atoms with Gasteiger partial charge in [-0.05, 0) is 47.2 Å². The zero-order valence-corrected chi connectivity index (χ0v) is 15.2. The first-order chi connectivity index (χ1) is 14.3. The first-order valence-electron chi connectivity index (χ1n) is 8.43. The lowest BCUT2D eigenvalue weighted by molar-refractivity contribution is -0.0498. The Morgan fingerprint density at radius 2 is 1.70 bits per heavy atom. The molecule has 0 saturated carbocycles. The van der Waals surface area contributed by atoms with Crippen LogP contribution in [-0.2, 0) is 0 Å². The van der Waals surface area contributed by atoms with Gasteiger partial charge in [0, 0.05) is 11.6 Å². The second-order valence-corrected chi connectivity index (χ2v) is 6.04. The minimum absolute atomic E-state index is 0.0342. The molecule has 11 heteroatoms. The van der Waals surface area contributed by atoms with Gasteiger partial charge in [-0.25, -0.2) is 25.9 Å². The summed E-state index contributed by atoms with van der Waals surface area (Å²) in [5.41, 5.74) is 1.91. The first-order valence-corrected chi connectivity index (χ1v) is 8.43. The number of hydrazine groups is 2. The lowest BCUT2D eigenvalue weighted by atomic mass is 10.1. The molecule has 0 bridgehead atoms. The van der Waals surface area contributed by atoms with E-state index in [4.69, 9.17) is 11.7 Å². The number of nitrogens with two attached hydrogens (primary N) is 2. The van der Waals surface area contributed by atoms with E-state index in [-0.39, 0.29) is 22.7 Å². The van der Waals surface area contributed by atoms with E-state index in [9.17, 15) is 22.8 Å². The largest absolute Gasteiger partial charge is 0.435 e. The Bertz CT molecular complexity index is 1110. The summed E-state index contributed by atoms with van der Waals surface area (Å²) in [6, 6.07) is 11.2. The van der Waals surface area contributed by atoms with Crippen molar-refractivity contribution in [3.63, 3.8) is 0 Å². The number of carbonyl (C=O) groups is 2. The zero-order valence-electron chi connectivity index (χ0n) is 15.2. The minimum atomic E-state index is -3.10. The molecule has 0 unspecified atom stereocenters. The van der Waals surface area contributed by atoms with Crippen molar-refractivity contribution in [1.82, 2.24) is 5.43 Å². The highest BCUT2D eigenvalue weighted by Crippen LogP contribution is 2.31. The van der Waals surface area contributed by atoms with Crippen LogP contribution in [0.25, 0.3) is 10.8 Å². The molecule has 3 amide bonds. The molecular formula is C19H16F3N5O3. The third-order valence-corrected chi connectivity index (χ3v) is 4.11. The van der Waals surface area contributed by atoms with Crippen LogP contribution >= 0.6 is 0 Å². The van der Waals surface area contributed by atoms with Crippen LogP contribution in [-0.4, -0.2) is 18.5 Å². The number of urea groups is 1. The molecule has 30 heavy (non-hydrogen) atoms. The second-order valence-electron chi connectivity index (χ2n) is 6.04. The van der Waals surface area contributed by atoms with E-state index in [1.165, 1.54) is 36.4 Å². The van der Waals surface area contributed by atoms with E-state index in [0.717, 1.165) is 6.07 Å². The van der Waals surface area contributed by atoms with Crippen molar-refractivity contribution in [3.8, 4) is 5.75 Å². The summed E-state index contributed by atoms with van der Waals surface area (Å²) in [4.78, 5) is 24.4. The fourth-order valence-corrected chi connectivity index (χ4v) is 2.72. The number of nitrogens with zero attached hydrogens (tertiary/aromatic N) is 1. The molecule has 0 fully saturated rings. The summed E-state index contributed by atoms with van der Waals surface area (Å²) in [5.74, 6) is 9.44. The van der Waals surface area contributed by atoms with Gasteiger partial charge in [-0.2, -0.15) is 8.78 Å². The Morgan fingerprint density at radius 3 is 2.40 bits per heavy atom. The lowest BCUT2D eigenvalue weighted by Crippen LogP contribution is -2.48. The fourth-order valence-electron chi connectivity index (χ4n) is 2.72. The maximum Gasteiger partial charge on any atom is 0.387 e. The van der Waals surface area contributed by atoms with E-state index >= 15 is 0 Å². The Kier molecular flexibility index (Phi) is 6.04. The van der Waals surface area contributed by atoms with Crippen LogP contribution in [0.1, 0.15) is 10.4 Å². The molecule has 0 spiro atoms. The Labute approximate surface area is 168 Å². The second kappa shape index (κ2) is 8.68. The Hall–Kier alpha value is -3.83. The Morgan fingerprint density at radius 1 is 1.00 bits per heavy atom. The number of amides is 3. The molecule has 3 rings (SSSR count). The lowest BCUT2D eigenvalue weighted by Gasteiger charge is -2.20. The molecule has 0 atom stereocenters. The number of benzene rings is 3. The standard InChI is InChI=1S/C19H16F3N5O3/c20-13-4-3-10-7-12(2-1-11(10)8-13)17(28)25-15-6-5-14(30-18(21)22)9-16(15)27(24)19(29)26-23/h1-9,18H,23-24H2,(H,25,28)(H,26,29). The van der Waals surface area contributed by atoms with Gasteiger partial charge < -0.3 is 10.1 Å². The maximum absolute atomic E-state index is 13.3. The molecule has 8 nitrogen and oxygen atoms in total. The molecule has 6 N–H and O–H groups in total. The predicted molar refractivity (Wildman–Crippen MR) is 104 cm³/mol. The number of ether oxygens (including phenoxy) is 1. The number of hydrogen-bond acceptors (Lipinski definition) is 5. The number of rotatable bonds is 5. The topological polar surface area (TPSA) is 123 Å². The number of halogens is 3. The number of fused-ring (bicyclic) bond motifs is 1. The molecule has 0 aromatic heterocycles. The molecule has 3 aromatic carbocycles. The quantitative estimate of drug-likeness (QED) is 0.288. The van der Waals surface area contributed by atoms with E-state index in [0.29, 0.717) is 15.8 Å². The van der Waals surface area contributed by atoms with Crippen LogP contribution in [0.2, 0.25) is 0 Å². The molecule has 3 aromatic rings. The molecule has 0 saturated heterocycles. The van der Waals surface area contributed by atoms with Crippen LogP contribution in [0.15, 0.2) is 54.6 Å². The van der Waals surface area contributed by atoms with Gasteiger partial charge in [0.15, 0.2) is 0 Å².